The Morgan fingerprint density at radius 1 is 1.19 bits per heavy atom. The van der Waals surface area contributed by atoms with Gasteiger partial charge in [-0.1, -0.05) is 6.42 Å². The van der Waals surface area contributed by atoms with Crippen LogP contribution in [0.3, 0.4) is 0 Å². The molecule has 1 saturated carbocycles. The summed E-state index contributed by atoms with van der Waals surface area (Å²) in [6.07, 6.45) is -0.979. The van der Waals surface area contributed by atoms with Gasteiger partial charge in [0.25, 0.3) is 0 Å². The Labute approximate surface area is 99.8 Å². The molecule has 1 saturated heterocycles. The van der Waals surface area contributed by atoms with Gasteiger partial charge in [-0.25, -0.2) is 0 Å². The maximum absolute atomic E-state index is 12.2. The molecule has 0 aromatic carbocycles. The summed E-state index contributed by atoms with van der Waals surface area (Å²) in [4.78, 5) is 1.51. The van der Waals surface area contributed by atoms with E-state index in [9.17, 15) is 13.2 Å². The molecule has 0 aromatic heterocycles. The second-order valence-corrected chi connectivity index (χ2v) is 4.83. The average molecular weight is 259 g/mol. The zero-order chi connectivity index (χ0) is 11.1. The Morgan fingerprint density at radius 3 is 2.44 bits per heavy atom. The number of fused-ring (bicyclic) bond motifs is 1. The van der Waals surface area contributed by atoms with Crippen molar-refractivity contribution < 1.29 is 13.2 Å². The zero-order valence-corrected chi connectivity index (χ0v) is 9.86. The number of alkyl halides is 3. The van der Waals surface area contributed by atoms with E-state index >= 15 is 0 Å². The number of hydrogen-bond acceptors (Lipinski definition) is 2. The largest absolute Gasteiger partial charge is 0.401 e. The van der Waals surface area contributed by atoms with Crippen molar-refractivity contribution in [1.29, 1.82) is 0 Å². The fourth-order valence-corrected chi connectivity index (χ4v) is 2.99. The maximum Gasteiger partial charge on any atom is 0.401 e. The Kier molecular flexibility index (Phi) is 4.49. The fraction of sp³-hybridized carbons (Fsp3) is 1.00. The van der Waals surface area contributed by atoms with Gasteiger partial charge in [-0.2, -0.15) is 13.2 Å². The summed E-state index contributed by atoms with van der Waals surface area (Å²) >= 11 is 0. The van der Waals surface area contributed by atoms with Crippen molar-refractivity contribution in [2.75, 3.05) is 19.6 Å². The predicted molar refractivity (Wildman–Crippen MR) is 58.5 cm³/mol. The smallest absolute Gasteiger partial charge is 0.327 e. The molecule has 3 unspecified atom stereocenters. The Bertz CT molecular complexity index is 235. The SMILES string of the molecule is Cl.NC1CCCC2CN(CC(F)(F)F)CC12. The van der Waals surface area contributed by atoms with Gasteiger partial charge in [-0.15, -0.1) is 12.4 Å². The summed E-state index contributed by atoms with van der Waals surface area (Å²) < 4.78 is 36.6. The molecule has 0 spiro atoms. The van der Waals surface area contributed by atoms with Crippen LogP contribution in [-0.2, 0) is 0 Å². The first-order valence-electron chi connectivity index (χ1n) is 5.50. The van der Waals surface area contributed by atoms with Crippen LogP contribution < -0.4 is 5.73 Å². The van der Waals surface area contributed by atoms with Gasteiger partial charge in [-0.05, 0) is 24.7 Å². The molecule has 3 atom stereocenters. The molecule has 16 heavy (non-hydrogen) atoms. The van der Waals surface area contributed by atoms with Gasteiger partial charge in [0.15, 0.2) is 0 Å². The lowest BCUT2D eigenvalue weighted by Crippen LogP contribution is -2.38. The fourth-order valence-electron chi connectivity index (χ4n) is 2.99. The summed E-state index contributed by atoms with van der Waals surface area (Å²) in [5.41, 5.74) is 5.94. The first-order valence-corrected chi connectivity index (χ1v) is 5.50. The second kappa shape index (κ2) is 5.10. The summed E-state index contributed by atoms with van der Waals surface area (Å²) in [6, 6.07) is 0.113. The Hall–Kier alpha value is -0.0000000000000000555. The van der Waals surface area contributed by atoms with E-state index in [2.05, 4.69) is 0 Å². The highest BCUT2D eigenvalue weighted by Gasteiger charge is 2.42. The highest BCUT2D eigenvalue weighted by Crippen LogP contribution is 2.36. The van der Waals surface area contributed by atoms with Gasteiger partial charge in [0.2, 0.25) is 0 Å². The quantitative estimate of drug-likeness (QED) is 0.780. The van der Waals surface area contributed by atoms with Crippen LogP contribution in [0.25, 0.3) is 0 Å². The molecule has 2 N–H and O–H groups in total. The van der Waals surface area contributed by atoms with Crippen LogP contribution in [0.4, 0.5) is 13.2 Å². The summed E-state index contributed by atoms with van der Waals surface area (Å²) in [5.74, 6) is 0.692. The molecule has 0 amide bonds. The molecule has 96 valence electrons. The van der Waals surface area contributed by atoms with Crippen LogP contribution >= 0.6 is 12.4 Å². The van der Waals surface area contributed by atoms with Crippen molar-refractivity contribution in [3.8, 4) is 0 Å². The van der Waals surface area contributed by atoms with Crippen molar-refractivity contribution in [3.63, 3.8) is 0 Å². The molecule has 2 rings (SSSR count). The van der Waals surface area contributed by atoms with E-state index in [4.69, 9.17) is 5.73 Å². The van der Waals surface area contributed by atoms with Crippen molar-refractivity contribution in [2.45, 2.75) is 31.5 Å². The normalized spacial score (nSPS) is 35.6. The molecule has 0 bridgehead atoms. The molecule has 1 heterocycles. The summed E-state index contributed by atoms with van der Waals surface area (Å²) in [6.45, 7) is 0.343. The van der Waals surface area contributed by atoms with Gasteiger partial charge in [0, 0.05) is 19.1 Å². The zero-order valence-electron chi connectivity index (χ0n) is 9.04. The van der Waals surface area contributed by atoms with Crippen LogP contribution in [0.15, 0.2) is 0 Å². The van der Waals surface area contributed by atoms with E-state index in [0.717, 1.165) is 19.3 Å². The topological polar surface area (TPSA) is 29.3 Å². The highest BCUT2D eigenvalue weighted by molar-refractivity contribution is 5.85. The number of nitrogens with two attached hydrogens (primary N) is 1. The van der Waals surface area contributed by atoms with Crippen molar-refractivity contribution in [2.24, 2.45) is 17.6 Å². The van der Waals surface area contributed by atoms with E-state index in [-0.39, 0.29) is 18.4 Å². The molecule has 2 fully saturated rings. The van der Waals surface area contributed by atoms with Crippen molar-refractivity contribution >= 4 is 12.4 Å². The summed E-state index contributed by atoms with van der Waals surface area (Å²) in [7, 11) is 0. The van der Waals surface area contributed by atoms with Crippen molar-refractivity contribution in [3.05, 3.63) is 0 Å². The molecule has 0 aromatic rings. The monoisotopic (exact) mass is 258 g/mol. The van der Waals surface area contributed by atoms with Crippen molar-refractivity contribution in [1.82, 2.24) is 4.90 Å². The minimum absolute atomic E-state index is 0. The molecule has 6 heteroatoms. The summed E-state index contributed by atoms with van der Waals surface area (Å²) in [5, 5.41) is 0. The number of likely N-dealkylation sites (tertiary alicyclic amines) is 1. The first kappa shape index (κ1) is 14.1. The molecular weight excluding hydrogens is 241 g/mol. The van der Waals surface area contributed by atoms with Crippen LogP contribution in [0.2, 0.25) is 0 Å². The van der Waals surface area contributed by atoms with E-state index in [0.29, 0.717) is 24.9 Å². The van der Waals surface area contributed by atoms with E-state index in [1.165, 1.54) is 4.90 Å². The van der Waals surface area contributed by atoms with E-state index in [1.807, 2.05) is 0 Å². The number of hydrogen-bond donors (Lipinski definition) is 1. The third-order valence-corrected chi connectivity index (χ3v) is 3.63. The van der Waals surface area contributed by atoms with Gasteiger partial charge < -0.3 is 5.73 Å². The number of nitrogens with zero attached hydrogens (tertiary/aromatic N) is 1. The minimum Gasteiger partial charge on any atom is -0.327 e. The second-order valence-electron chi connectivity index (χ2n) is 4.83. The van der Waals surface area contributed by atoms with Crippen LogP contribution in [0.1, 0.15) is 19.3 Å². The first-order chi connectivity index (χ1) is 6.96. The van der Waals surface area contributed by atoms with Crippen LogP contribution in [0, 0.1) is 11.8 Å². The molecule has 2 aliphatic rings. The minimum atomic E-state index is -4.07. The standard InChI is InChI=1S/C10H17F3N2.ClH/c11-10(12,13)6-15-4-7-2-1-3-9(14)8(7)5-15;/h7-9H,1-6,14H2;1H. The Balaban J connectivity index is 0.00000128. The maximum atomic E-state index is 12.2. The molecule has 2 nitrogen and oxygen atoms in total. The lowest BCUT2D eigenvalue weighted by Gasteiger charge is -2.29. The lowest BCUT2D eigenvalue weighted by atomic mass is 9.78. The number of rotatable bonds is 1. The Morgan fingerprint density at radius 2 is 1.88 bits per heavy atom. The van der Waals surface area contributed by atoms with Gasteiger partial charge >= 0.3 is 6.18 Å². The predicted octanol–water partition coefficient (Wildman–Crippen LogP) is 2.03. The third-order valence-electron chi connectivity index (χ3n) is 3.63. The molecule has 1 aliphatic heterocycles. The molecule has 0 radical (unpaired) electrons. The number of halogens is 4. The average Bonchev–Trinajstić information content (AvgIpc) is 2.45. The third kappa shape index (κ3) is 3.25. The van der Waals surface area contributed by atoms with E-state index < -0.39 is 12.7 Å². The lowest BCUT2D eigenvalue weighted by molar-refractivity contribution is -0.144. The van der Waals surface area contributed by atoms with E-state index in [1.54, 1.807) is 0 Å². The van der Waals surface area contributed by atoms with Gasteiger partial charge in [0.05, 0.1) is 6.54 Å². The molecule has 1 aliphatic carbocycles. The van der Waals surface area contributed by atoms with Gasteiger partial charge in [0.1, 0.15) is 0 Å². The van der Waals surface area contributed by atoms with Crippen LogP contribution in [-0.4, -0.2) is 36.8 Å². The van der Waals surface area contributed by atoms with Crippen LogP contribution in [0.5, 0.6) is 0 Å². The highest BCUT2D eigenvalue weighted by atomic mass is 35.5. The molecular formula is C10H18ClF3N2. The van der Waals surface area contributed by atoms with Gasteiger partial charge in [-0.3, -0.25) is 4.90 Å².